The van der Waals surface area contributed by atoms with E-state index in [0.717, 1.165) is 14.0 Å². The molecule has 1 atom stereocenters. The molecule has 0 saturated carbocycles. The molecule has 0 spiro atoms. The third kappa shape index (κ3) is 3.46. The lowest BCUT2D eigenvalue weighted by atomic mass is 10.1. The van der Waals surface area contributed by atoms with Crippen molar-refractivity contribution < 1.29 is 8.78 Å². The average molecular weight is 380 g/mol. The van der Waals surface area contributed by atoms with Crippen LogP contribution in [0, 0.1) is 14.5 Å². The Hall–Kier alpha value is -0.600. The van der Waals surface area contributed by atoms with E-state index in [9.17, 15) is 8.78 Å². The number of aromatic nitrogens is 1. The lowest BCUT2D eigenvalue weighted by Crippen LogP contribution is -2.19. The molecular weight excluding hydrogens is 369 g/mol. The van der Waals surface area contributed by atoms with Crippen molar-refractivity contribution in [3.8, 4) is 0 Å². The minimum atomic E-state index is -0.557. The Morgan fingerprint density at radius 1 is 1.44 bits per heavy atom. The fraction of sp³-hybridized carbons (Fsp3) is 0.250. The summed E-state index contributed by atoms with van der Waals surface area (Å²) in [6, 6.07) is 3.45. The first-order valence-electron chi connectivity index (χ1n) is 5.35. The standard InChI is InChI=1S/C12H11F2IN2S/c1-7(9-3-2-8(13)4-10(9)14)16-6-12-17-5-11(15)18-12/h2-5,7,16H,6H2,1H3. The van der Waals surface area contributed by atoms with Gasteiger partial charge in [-0.2, -0.15) is 0 Å². The van der Waals surface area contributed by atoms with Gasteiger partial charge in [0.15, 0.2) is 0 Å². The summed E-state index contributed by atoms with van der Waals surface area (Å²) >= 11 is 3.80. The molecule has 1 N–H and O–H groups in total. The molecule has 0 fully saturated rings. The van der Waals surface area contributed by atoms with E-state index in [1.165, 1.54) is 12.1 Å². The fourth-order valence-electron chi connectivity index (χ4n) is 1.57. The molecule has 0 aliphatic heterocycles. The van der Waals surface area contributed by atoms with Crippen LogP contribution in [-0.4, -0.2) is 4.98 Å². The zero-order valence-electron chi connectivity index (χ0n) is 9.58. The van der Waals surface area contributed by atoms with Crippen molar-refractivity contribution in [3.63, 3.8) is 0 Å². The van der Waals surface area contributed by atoms with Gasteiger partial charge in [0.25, 0.3) is 0 Å². The Kier molecular flexibility index (Phi) is 4.63. The molecule has 1 aromatic heterocycles. The molecule has 2 rings (SSSR count). The number of rotatable bonds is 4. The van der Waals surface area contributed by atoms with Crippen molar-refractivity contribution in [2.24, 2.45) is 0 Å². The normalized spacial score (nSPS) is 12.7. The molecule has 0 saturated heterocycles. The topological polar surface area (TPSA) is 24.9 Å². The molecule has 1 unspecified atom stereocenters. The summed E-state index contributed by atoms with van der Waals surface area (Å²) in [5.74, 6) is -1.08. The Bertz CT molecular complexity index is 545. The molecule has 1 aromatic carbocycles. The average Bonchev–Trinajstić information content (AvgIpc) is 2.72. The van der Waals surface area contributed by atoms with E-state index in [2.05, 4.69) is 32.9 Å². The van der Waals surface area contributed by atoms with E-state index in [4.69, 9.17) is 0 Å². The molecule has 2 nitrogen and oxygen atoms in total. The van der Waals surface area contributed by atoms with Crippen molar-refractivity contribution in [2.45, 2.75) is 19.5 Å². The van der Waals surface area contributed by atoms with Crippen molar-refractivity contribution in [1.82, 2.24) is 10.3 Å². The third-order valence-corrected chi connectivity index (χ3v) is 4.24. The van der Waals surface area contributed by atoms with Crippen LogP contribution < -0.4 is 5.32 Å². The molecule has 0 amide bonds. The van der Waals surface area contributed by atoms with Crippen LogP contribution >= 0.6 is 33.9 Å². The van der Waals surface area contributed by atoms with Gasteiger partial charge in [-0.1, -0.05) is 6.07 Å². The van der Waals surface area contributed by atoms with Crippen molar-refractivity contribution in [1.29, 1.82) is 0 Å². The molecule has 6 heteroatoms. The minimum Gasteiger partial charge on any atom is -0.304 e. The Morgan fingerprint density at radius 2 is 2.22 bits per heavy atom. The summed E-state index contributed by atoms with van der Waals surface area (Å²) in [7, 11) is 0. The van der Waals surface area contributed by atoms with Gasteiger partial charge in [-0.15, -0.1) is 11.3 Å². The SMILES string of the molecule is CC(NCc1ncc(I)s1)c1ccc(F)cc1F. The summed E-state index contributed by atoms with van der Waals surface area (Å²) in [6.45, 7) is 2.42. The van der Waals surface area contributed by atoms with Gasteiger partial charge in [0, 0.05) is 24.2 Å². The van der Waals surface area contributed by atoms with Crippen molar-refractivity contribution >= 4 is 33.9 Å². The Balaban J connectivity index is 2.01. The van der Waals surface area contributed by atoms with E-state index < -0.39 is 11.6 Å². The van der Waals surface area contributed by atoms with E-state index in [-0.39, 0.29) is 6.04 Å². The molecular formula is C12H11F2IN2S. The highest BCUT2D eigenvalue weighted by molar-refractivity contribution is 14.1. The van der Waals surface area contributed by atoms with Gasteiger partial charge in [0.1, 0.15) is 16.6 Å². The maximum atomic E-state index is 13.5. The molecule has 1 heterocycles. The van der Waals surface area contributed by atoms with Crippen LogP contribution in [-0.2, 0) is 6.54 Å². The molecule has 0 bridgehead atoms. The first-order valence-corrected chi connectivity index (χ1v) is 7.24. The summed E-state index contributed by atoms with van der Waals surface area (Å²) in [5.41, 5.74) is 0.461. The smallest absolute Gasteiger partial charge is 0.130 e. The predicted octanol–water partition coefficient (Wildman–Crippen LogP) is 3.88. The molecule has 2 aromatic rings. The highest BCUT2D eigenvalue weighted by atomic mass is 127. The van der Waals surface area contributed by atoms with E-state index >= 15 is 0 Å². The maximum Gasteiger partial charge on any atom is 0.130 e. The molecule has 0 radical (unpaired) electrons. The lowest BCUT2D eigenvalue weighted by Gasteiger charge is -2.14. The highest BCUT2D eigenvalue weighted by Gasteiger charge is 2.11. The third-order valence-electron chi connectivity index (χ3n) is 2.51. The summed E-state index contributed by atoms with van der Waals surface area (Å²) < 4.78 is 27.4. The van der Waals surface area contributed by atoms with Gasteiger partial charge >= 0.3 is 0 Å². The first-order chi connectivity index (χ1) is 8.56. The zero-order valence-corrected chi connectivity index (χ0v) is 12.6. The highest BCUT2D eigenvalue weighted by Crippen LogP contribution is 2.19. The quantitative estimate of drug-likeness (QED) is 0.815. The number of thiazole rings is 1. The van der Waals surface area contributed by atoms with Gasteiger partial charge in [0.05, 0.1) is 9.08 Å². The number of nitrogens with one attached hydrogen (secondary N) is 1. The second-order valence-electron chi connectivity index (χ2n) is 3.83. The van der Waals surface area contributed by atoms with Crippen LogP contribution in [0.5, 0.6) is 0 Å². The maximum absolute atomic E-state index is 13.5. The number of hydrogen-bond donors (Lipinski definition) is 1. The number of benzene rings is 1. The van der Waals surface area contributed by atoms with Gasteiger partial charge in [-0.05, 0) is 35.6 Å². The van der Waals surface area contributed by atoms with E-state index in [1.807, 2.05) is 6.92 Å². The molecule has 18 heavy (non-hydrogen) atoms. The summed E-state index contributed by atoms with van der Waals surface area (Å²) in [5, 5.41) is 4.12. The number of halogens is 3. The Labute approximate surface area is 122 Å². The van der Waals surface area contributed by atoms with Gasteiger partial charge in [0.2, 0.25) is 0 Å². The van der Waals surface area contributed by atoms with E-state index in [0.29, 0.717) is 12.1 Å². The second-order valence-corrected chi connectivity index (χ2v) is 6.84. The zero-order chi connectivity index (χ0) is 13.1. The van der Waals surface area contributed by atoms with Gasteiger partial charge < -0.3 is 5.32 Å². The fourth-order valence-corrected chi connectivity index (χ4v) is 3.07. The van der Waals surface area contributed by atoms with E-state index in [1.54, 1.807) is 17.5 Å². The first kappa shape index (κ1) is 13.8. The number of nitrogens with zero attached hydrogens (tertiary/aromatic N) is 1. The summed E-state index contributed by atoms with van der Waals surface area (Å²) in [4.78, 5) is 4.21. The largest absolute Gasteiger partial charge is 0.304 e. The monoisotopic (exact) mass is 380 g/mol. The van der Waals surface area contributed by atoms with Crippen LogP contribution in [0.2, 0.25) is 0 Å². The number of hydrogen-bond acceptors (Lipinski definition) is 3. The van der Waals surface area contributed by atoms with Gasteiger partial charge in [-0.25, -0.2) is 13.8 Å². The lowest BCUT2D eigenvalue weighted by molar-refractivity contribution is 0.517. The summed E-state index contributed by atoms with van der Waals surface area (Å²) in [6.07, 6.45) is 1.80. The molecule has 0 aliphatic carbocycles. The van der Waals surface area contributed by atoms with Crippen molar-refractivity contribution in [2.75, 3.05) is 0 Å². The predicted molar refractivity (Wildman–Crippen MR) is 76.4 cm³/mol. The Morgan fingerprint density at radius 3 is 2.83 bits per heavy atom. The van der Waals surface area contributed by atoms with Crippen LogP contribution in [0.3, 0.4) is 0 Å². The van der Waals surface area contributed by atoms with Crippen molar-refractivity contribution in [3.05, 3.63) is 49.5 Å². The van der Waals surface area contributed by atoms with Crippen LogP contribution in [0.4, 0.5) is 8.78 Å². The van der Waals surface area contributed by atoms with Crippen LogP contribution in [0.15, 0.2) is 24.4 Å². The molecule has 96 valence electrons. The van der Waals surface area contributed by atoms with Gasteiger partial charge in [-0.3, -0.25) is 0 Å². The van der Waals surface area contributed by atoms with Crippen LogP contribution in [0.25, 0.3) is 0 Å². The second kappa shape index (κ2) is 6.03. The molecule has 0 aliphatic rings. The minimum absolute atomic E-state index is 0.188. The van der Waals surface area contributed by atoms with Crippen LogP contribution in [0.1, 0.15) is 23.5 Å².